The Kier molecular flexibility index (Phi) is 6.52. The van der Waals surface area contributed by atoms with Crippen LogP contribution in [0.5, 0.6) is 0 Å². The van der Waals surface area contributed by atoms with Gasteiger partial charge in [0.1, 0.15) is 0 Å². The van der Waals surface area contributed by atoms with Gasteiger partial charge in [-0.15, -0.1) is 0 Å². The van der Waals surface area contributed by atoms with Gasteiger partial charge in [0.15, 0.2) is 0 Å². The van der Waals surface area contributed by atoms with Crippen LogP contribution in [0.3, 0.4) is 0 Å². The van der Waals surface area contributed by atoms with Gasteiger partial charge in [0.05, 0.1) is 13.2 Å². The summed E-state index contributed by atoms with van der Waals surface area (Å²) in [6.07, 6.45) is 2.45. The average Bonchev–Trinajstić information content (AvgIpc) is 2.27. The van der Waals surface area contributed by atoms with Crippen molar-refractivity contribution in [2.45, 2.75) is 39.7 Å². The average molecular weight is 242 g/mol. The van der Waals surface area contributed by atoms with Crippen LogP contribution in [0.15, 0.2) is 0 Å². The van der Waals surface area contributed by atoms with Crippen LogP contribution in [0.2, 0.25) is 0 Å². The molecule has 4 heteroatoms. The van der Waals surface area contributed by atoms with E-state index in [0.29, 0.717) is 25.1 Å². The molecule has 0 aromatic rings. The molecule has 0 radical (unpaired) electrons. The second-order valence-electron chi connectivity index (χ2n) is 5.11. The van der Waals surface area contributed by atoms with Crippen LogP contribution >= 0.6 is 0 Å². The first kappa shape index (κ1) is 14.5. The molecule has 0 saturated carbocycles. The van der Waals surface area contributed by atoms with E-state index in [1.54, 1.807) is 0 Å². The lowest BCUT2D eigenvalue weighted by Gasteiger charge is -2.32. The summed E-state index contributed by atoms with van der Waals surface area (Å²) in [5.41, 5.74) is 0. The van der Waals surface area contributed by atoms with Crippen molar-refractivity contribution in [1.29, 1.82) is 0 Å². The van der Waals surface area contributed by atoms with Crippen molar-refractivity contribution in [2.24, 2.45) is 5.92 Å². The third-order valence-electron chi connectivity index (χ3n) is 3.08. The van der Waals surface area contributed by atoms with Gasteiger partial charge in [-0.1, -0.05) is 13.8 Å². The molecule has 1 rings (SSSR count). The number of nitrogens with zero attached hydrogens (tertiary/aromatic N) is 1. The monoisotopic (exact) mass is 242 g/mol. The minimum atomic E-state index is -0.0926. The standard InChI is InChI=1S/C13H26N2O2/c1-4-17-13(16)10-15-7-5-6-12(9-15)8-14-11(2)3/h11-12,14H,4-10H2,1-3H3. The van der Waals surface area contributed by atoms with E-state index in [4.69, 9.17) is 4.74 Å². The maximum Gasteiger partial charge on any atom is 0.320 e. The number of nitrogens with one attached hydrogen (secondary N) is 1. The Morgan fingerprint density at radius 2 is 2.29 bits per heavy atom. The van der Waals surface area contributed by atoms with Gasteiger partial charge in [0, 0.05) is 12.6 Å². The maximum absolute atomic E-state index is 11.4. The van der Waals surface area contributed by atoms with Crippen molar-refractivity contribution in [3.05, 3.63) is 0 Å². The van der Waals surface area contributed by atoms with Gasteiger partial charge < -0.3 is 10.1 Å². The molecule has 0 aromatic carbocycles. The van der Waals surface area contributed by atoms with Gasteiger partial charge in [-0.3, -0.25) is 9.69 Å². The van der Waals surface area contributed by atoms with Gasteiger partial charge >= 0.3 is 5.97 Å². The first-order valence-corrected chi connectivity index (χ1v) is 6.73. The molecular formula is C13H26N2O2. The van der Waals surface area contributed by atoms with E-state index in [9.17, 15) is 4.79 Å². The maximum atomic E-state index is 11.4. The predicted octanol–water partition coefficient (Wildman–Crippen LogP) is 1.26. The number of esters is 1. The Labute approximate surface area is 105 Å². The van der Waals surface area contributed by atoms with Crippen LogP contribution in [0.4, 0.5) is 0 Å². The van der Waals surface area contributed by atoms with E-state index < -0.39 is 0 Å². The topological polar surface area (TPSA) is 41.6 Å². The normalized spacial score (nSPS) is 21.8. The molecule has 1 heterocycles. The number of hydrogen-bond donors (Lipinski definition) is 1. The van der Waals surface area contributed by atoms with E-state index in [-0.39, 0.29) is 5.97 Å². The molecule has 4 nitrogen and oxygen atoms in total. The number of likely N-dealkylation sites (tertiary alicyclic amines) is 1. The molecule has 1 aliphatic heterocycles. The SMILES string of the molecule is CCOC(=O)CN1CCCC(CNC(C)C)C1. The van der Waals surface area contributed by atoms with Crippen molar-refractivity contribution < 1.29 is 9.53 Å². The third kappa shape index (κ3) is 6.03. The Bertz CT molecular complexity index is 231. The Balaban J connectivity index is 2.25. The Morgan fingerprint density at radius 3 is 2.94 bits per heavy atom. The Morgan fingerprint density at radius 1 is 1.53 bits per heavy atom. The minimum absolute atomic E-state index is 0.0926. The summed E-state index contributed by atoms with van der Waals surface area (Å²) in [4.78, 5) is 13.6. The summed E-state index contributed by atoms with van der Waals surface area (Å²) >= 11 is 0. The zero-order chi connectivity index (χ0) is 12.7. The number of hydrogen-bond acceptors (Lipinski definition) is 4. The molecule has 1 N–H and O–H groups in total. The highest BCUT2D eigenvalue weighted by molar-refractivity contribution is 5.71. The highest BCUT2D eigenvalue weighted by atomic mass is 16.5. The van der Waals surface area contributed by atoms with E-state index >= 15 is 0 Å². The summed E-state index contributed by atoms with van der Waals surface area (Å²) in [5, 5.41) is 3.47. The molecular weight excluding hydrogens is 216 g/mol. The van der Waals surface area contributed by atoms with Crippen LogP contribution in [-0.2, 0) is 9.53 Å². The van der Waals surface area contributed by atoms with Crippen molar-refractivity contribution in [3.8, 4) is 0 Å². The molecule has 17 heavy (non-hydrogen) atoms. The fourth-order valence-corrected chi connectivity index (χ4v) is 2.25. The zero-order valence-corrected chi connectivity index (χ0v) is 11.4. The van der Waals surface area contributed by atoms with Crippen molar-refractivity contribution in [1.82, 2.24) is 10.2 Å². The fraction of sp³-hybridized carbons (Fsp3) is 0.923. The number of ether oxygens (including phenoxy) is 1. The van der Waals surface area contributed by atoms with Gasteiger partial charge in [0.25, 0.3) is 0 Å². The number of carbonyl (C=O) groups excluding carboxylic acids is 1. The number of rotatable bonds is 6. The van der Waals surface area contributed by atoms with E-state index in [1.807, 2.05) is 6.92 Å². The van der Waals surface area contributed by atoms with E-state index in [2.05, 4.69) is 24.1 Å². The van der Waals surface area contributed by atoms with Crippen molar-refractivity contribution >= 4 is 5.97 Å². The summed E-state index contributed by atoms with van der Waals surface area (Å²) < 4.78 is 4.98. The summed E-state index contributed by atoms with van der Waals surface area (Å²) in [7, 11) is 0. The molecule has 1 saturated heterocycles. The molecule has 0 aliphatic carbocycles. The lowest BCUT2D eigenvalue weighted by molar-refractivity contribution is -0.144. The summed E-state index contributed by atoms with van der Waals surface area (Å²) in [6.45, 7) is 10.2. The first-order chi connectivity index (χ1) is 8.11. The lowest BCUT2D eigenvalue weighted by Crippen LogP contribution is -2.43. The fourth-order valence-electron chi connectivity index (χ4n) is 2.25. The molecule has 100 valence electrons. The molecule has 1 atom stereocenters. The summed E-state index contributed by atoms with van der Waals surface area (Å²) in [5.74, 6) is 0.575. The van der Waals surface area contributed by atoms with Crippen LogP contribution in [0, 0.1) is 5.92 Å². The highest BCUT2D eigenvalue weighted by Crippen LogP contribution is 2.15. The second kappa shape index (κ2) is 7.67. The molecule has 0 aromatic heterocycles. The van der Waals surface area contributed by atoms with Crippen LogP contribution in [0.25, 0.3) is 0 Å². The van der Waals surface area contributed by atoms with Gasteiger partial charge in [0.2, 0.25) is 0 Å². The van der Waals surface area contributed by atoms with Gasteiger partial charge in [-0.2, -0.15) is 0 Å². The second-order valence-corrected chi connectivity index (χ2v) is 5.11. The molecule has 0 spiro atoms. The van der Waals surface area contributed by atoms with Gasteiger partial charge in [-0.25, -0.2) is 0 Å². The summed E-state index contributed by atoms with van der Waals surface area (Å²) in [6, 6.07) is 0.537. The molecule has 0 amide bonds. The minimum Gasteiger partial charge on any atom is -0.465 e. The van der Waals surface area contributed by atoms with E-state index in [1.165, 1.54) is 12.8 Å². The van der Waals surface area contributed by atoms with Gasteiger partial charge in [-0.05, 0) is 38.8 Å². The highest BCUT2D eigenvalue weighted by Gasteiger charge is 2.21. The predicted molar refractivity (Wildman–Crippen MR) is 68.9 cm³/mol. The number of carbonyl (C=O) groups is 1. The first-order valence-electron chi connectivity index (χ1n) is 6.73. The molecule has 1 aliphatic rings. The molecule has 1 fully saturated rings. The lowest BCUT2D eigenvalue weighted by atomic mass is 9.98. The third-order valence-corrected chi connectivity index (χ3v) is 3.08. The van der Waals surface area contributed by atoms with E-state index in [0.717, 1.165) is 19.6 Å². The number of piperidine rings is 1. The van der Waals surface area contributed by atoms with Crippen LogP contribution < -0.4 is 5.32 Å². The van der Waals surface area contributed by atoms with Crippen LogP contribution in [0.1, 0.15) is 33.6 Å². The quantitative estimate of drug-likeness (QED) is 0.712. The van der Waals surface area contributed by atoms with Crippen molar-refractivity contribution in [3.63, 3.8) is 0 Å². The molecule has 1 unspecified atom stereocenters. The van der Waals surface area contributed by atoms with Crippen LogP contribution in [-0.4, -0.2) is 49.7 Å². The molecule has 0 bridgehead atoms. The van der Waals surface area contributed by atoms with Crippen molar-refractivity contribution in [2.75, 3.05) is 32.8 Å². The zero-order valence-electron chi connectivity index (χ0n) is 11.4. The Hall–Kier alpha value is -0.610. The smallest absolute Gasteiger partial charge is 0.320 e. The largest absolute Gasteiger partial charge is 0.465 e.